The molecule has 4 nitrogen and oxygen atoms in total. The zero-order valence-corrected chi connectivity index (χ0v) is 10.8. The molecule has 0 radical (unpaired) electrons. The number of carbonyl (C=O) groups is 2. The molecule has 0 saturated heterocycles. The average Bonchev–Trinajstić information content (AvgIpc) is 2.37. The Morgan fingerprint density at radius 1 is 1.39 bits per heavy atom. The van der Waals surface area contributed by atoms with Gasteiger partial charge in [0.2, 0.25) is 0 Å². The highest BCUT2D eigenvalue weighted by Crippen LogP contribution is 2.21. The Morgan fingerprint density at radius 2 is 2.06 bits per heavy atom. The Bertz CT molecular complexity index is 456. The molecule has 0 bridgehead atoms. The van der Waals surface area contributed by atoms with E-state index in [0.29, 0.717) is 12.0 Å². The molecule has 1 aromatic rings. The summed E-state index contributed by atoms with van der Waals surface area (Å²) in [5, 5.41) is 18.3. The second-order valence-electron chi connectivity index (χ2n) is 3.98. The van der Waals surface area contributed by atoms with Crippen LogP contribution in [0.15, 0.2) is 18.2 Å². The number of aliphatic hydroxyl groups excluding tert-OH is 1. The van der Waals surface area contributed by atoms with Crippen LogP contribution in [-0.2, 0) is 22.4 Å². The Kier molecular flexibility index (Phi) is 5.31. The standard InChI is InChI=1S/C13H15ClO4/c1-2-9-5-8(6-10(15)7-14)3-4-11(9)12(16)13(17)18/h3-5,12,16H,2,6-7H2,1H3,(H,17,18). The minimum atomic E-state index is -1.53. The lowest BCUT2D eigenvalue weighted by atomic mass is 9.96. The Labute approximate surface area is 110 Å². The number of alkyl halides is 1. The topological polar surface area (TPSA) is 74.6 Å². The van der Waals surface area contributed by atoms with Crippen LogP contribution >= 0.6 is 11.6 Å². The molecular weight excluding hydrogens is 256 g/mol. The van der Waals surface area contributed by atoms with Crippen molar-refractivity contribution < 1.29 is 19.8 Å². The van der Waals surface area contributed by atoms with Gasteiger partial charge >= 0.3 is 5.97 Å². The number of carbonyl (C=O) groups excluding carboxylic acids is 1. The van der Waals surface area contributed by atoms with Crippen molar-refractivity contribution in [2.45, 2.75) is 25.9 Å². The first-order valence-electron chi connectivity index (χ1n) is 5.59. The molecule has 0 aromatic heterocycles. The van der Waals surface area contributed by atoms with E-state index in [-0.39, 0.29) is 18.1 Å². The number of benzene rings is 1. The maximum Gasteiger partial charge on any atom is 0.337 e. The molecule has 1 unspecified atom stereocenters. The number of aliphatic carboxylic acids is 1. The van der Waals surface area contributed by atoms with Gasteiger partial charge in [-0.25, -0.2) is 4.79 Å². The van der Waals surface area contributed by atoms with Crippen molar-refractivity contribution in [3.63, 3.8) is 0 Å². The van der Waals surface area contributed by atoms with Crippen molar-refractivity contribution >= 4 is 23.4 Å². The van der Waals surface area contributed by atoms with Crippen molar-refractivity contribution in [2.24, 2.45) is 0 Å². The third kappa shape index (κ3) is 3.55. The van der Waals surface area contributed by atoms with Crippen molar-refractivity contribution in [1.29, 1.82) is 0 Å². The first kappa shape index (κ1) is 14.7. The van der Waals surface area contributed by atoms with E-state index in [1.165, 1.54) is 0 Å². The Balaban J connectivity index is 3.03. The summed E-state index contributed by atoms with van der Waals surface area (Å²) in [6, 6.07) is 4.94. The summed E-state index contributed by atoms with van der Waals surface area (Å²) in [6.07, 6.45) is -0.722. The van der Waals surface area contributed by atoms with E-state index in [1.54, 1.807) is 18.2 Å². The molecule has 1 atom stereocenters. The van der Waals surface area contributed by atoms with Gasteiger partial charge in [0.05, 0.1) is 5.88 Å². The van der Waals surface area contributed by atoms with Crippen LogP contribution in [0, 0.1) is 0 Å². The number of hydrogen-bond acceptors (Lipinski definition) is 3. The third-order valence-corrected chi connectivity index (χ3v) is 2.97. The van der Waals surface area contributed by atoms with Crippen LogP contribution in [0.1, 0.15) is 29.7 Å². The van der Waals surface area contributed by atoms with Crippen molar-refractivity contribution in [3.8, 4) is 0 Å². The summed E-state index contributed by atoms with van der Waals surface area (Å²) >= 11 is 5.43. The Morgan fingerprint density at radius 3 is 2.56 bits per heavy atom. The summed E-state index contributed by atoms with van der Waals surface area (Å²) in [7, 11) is 0. The number of ketones is 1. The zero-order valence-electron chi connectivity index (χ0n) is 10.0. The molecule has 0 aliphatic rings. The maximum absolute atomic E-state index is 11.2. The second kappa shape index (κ2) is 6.52. The molecule has 0 saturated carbocycles. The number of Topliss-reactive ketones (excluding diaryl/α,β-unsaturated/α-hetero) is 1. The lowest BCUT2D eigenvalue weighted by Gasteiger charge is -2.12. The lowest BCUT2D eigenvalue weighted by molar-refractivity contribution is -0.147. The normalized spacial score (nSPS) is 12.2. The van der Waals surface area contributed by atoms with Gasteiger partial charge in [0.15, 0.2) is 11.9 Å². The van der Waals surface area contributed by atoms with E-state index in [4.69, 9.17) is 16.7 Å². The third-order valence-electron chi connectivity index (χ3n) is 2.67. The minimum absolute atomic E-state index is 0.0407. The number of aliphatic hydroxyl groups is 1. The van der Waals surface area contributed by atoms with Crippen LogP contribution in [0.25, 0.3) is 0 Å². The lowest BCUT2D eigenvalue weighted by Crippen LogP contribution is -2.13. The largest absolute Gasteiger partial charge is 0.479 e. The molecule has 1 aromatic carbocycles. The minimum Gasteiger partial charge on any atom is -0.479 e. The van der Waals surface area contributed by atoms with E-state index < -0.39 is 12.1 Å². The molecule has 0 aliphatic heterocycles. The molecule has 5 heteroatoms. The molecule has 0 amide bonds. The first-order valence-corrected chi connectivity index (χ1v) is 6.13. The van der Waals surface area contributed by atoms with Crippen LogP contribution < -0.4 is 0 Å². The second-order valence-corrected chi connectivity index (χ2v) is 4.24. The van der Waals surface area contributed by atoms with Gasteiger partial charge in [0.1, 0.15) is 0 Å². The molecule has 18 heavy (non-hydrogen) atoms. The molecule has 0 spiro atoms. The predicted octanol–water partition coefficient (Wildman–Crippen LogP) is 1.72. The fourth-order valence-electron chi connectivity index (χ4n) is 1.75. The zero-order chi connectivity index (χ0) is 13.7. The number of carboxylic acids is 1. The number of rotatable bonds is 6. The molecule has 2 N–H and O–H groups in total. The first-order chi connectivity index (χ1) is 8.49. The smallest absolute Gasteiger partial charge is 0.337 e. The van der Waals surface area contributed by atoms with Gasteiger partial charge in [0, 0.05) is 6.42 Å². The maximum atomic E-state index is 11.2. The highest BCUT2D eigenvalue weighted by molar-refractivity contribution is 6.27. The molecular formula is C13H15ClO4. The van der Waals surface area contributed by atoms with Crippen LogP contribution in [0.4, 0.5) is 0 Å². The van der Waals surface area contributed by atoms with Crippen molar-refractivity contribution in [3.05, 3.63) is 34.9 Å². The van der Waals surface area contributed by atoms with E-state index >= 15 is 0 Å². The van der Waals surface area contributed by atoms with Gasteiger partial charge in [-0.1, -0.05) is 25.1 Å². The van der Waals surface area contributed by atoms with Crippen molar-refractivity contribution in [1.82, 2.24) is 0 Å². The van der Waals surface area contributed by atoms with Crippen LogP contribution in [-0.4, -0.2) is 27.8 Å². The molecule has 0 heterocycles. The van der Waals surface area contributed by atoms with E-state index in [2.05, 4.69) is 0 Å². The van der Waals surface area contributed by atoms with E-state index in [1.807, 2.05) is 6.92 Å². The molecule has 0 fully saturated rings. The summed E-state index contributed by atoms with van der Waals surface area (Å²) in [6.45, 7) is 1.86. The Hall–Kier alpha value is -1.39. The summed E-state index contributed by atoms with van der Waals surface area (Å²) in [4.78, 5) is 22.0. The highest BCUT2D eigenvalue weighted by atomic mass is 35.5. The van der Waals surface area contributed by atoms with Gasteiger partial charge in [-0.15, -0.1) is 11.6 Å². The van der Waals surface area contributed by atoms with Gasteiger partial charge in [0.25, 0.3) is 0 Å². The monoisotopic (exact) mass is 270 g/mol. The fraction of sp³-hybridized carbons (Fsp3) is 0.385. The SMILES string of the molecule is CCc1cc(CC(=O)CCl)ccc1C(O)C(=O)O. The average molecular weight is 271 g/mol. The van der Waals surface area contributed by atoms with Crippen LogP contribution in [0.3, 0.4) is 0 Å². The van der Waals surface area contributed by atoms with Crippen molar-refractivity contribution in [2.75, 3.05) is 5.88 Å². The summed E-state index contributed by atoms with van der Waals surface area (Å²) in [5.41, 5.74) is 1.87. The van der Waals surface area contributed by atoms with Crippen LogP contribution in [0.2, 0.25) is 0 Å². The molecule has 0 aliphatic carbocycles. The van der Waals surface area contributed by atoms with Gasteiger partial charge in [-0.3, -0.25) is 4.79 Å². The van der Waals surface area contributed by atoms with E-state index in [9.17, 15) is 14.7 Å². The molecule has 98 valence electrons. The summed E-state index contributed by atoms with van der Waals surface area (Å²) < 4.78 is 0. The highest BCUT2D eigenvalue weighted by Gasteiger charge is 2.19. The molecule has 1 rings (SSSR count). The summed E-state index contributed by atoms with van der Waals surface area (Å²) in [5.74, 6) is -1.42. The number of halogens is 1. The predicted molar refractivity (Wildman–Crippen MR) is 67.8 cm³/mol. The fourth-order valence-corrected chi connectivity index (χ4v) is 1.84. The number of aryl methyl sites for hydroxylation is 1. The van der Waals surface area contributed by atoms with E-state index in [0.717, 1.165) is 11.1 Å². The number of hydrogen-bond donors (Lipinski definition) is 2. The number of carboxylic acid groups (broad SMARTS) is 1. The van der Waals surface area contributed by atoms with Crippen LogP contribution in [0.5, 0.6) is 0 Å². The van der Waals surface area contributed by atoms with Gasteiger partial charge in [-0.2, -0.15) is 0 Å². The van der Waals surface area contributed by atoms with Gasteiger partial charge < -0.3 is 10.2 Å². The van der Waals surface area contributed by atoms with Gasteiger partial charge in [-0.05, 0) is 23.1 Å². The quantitative estimate of drug-likeness (QED) is 0.772.